The first-order valence-corrected chi connectivity index (χ1v) is 8.18. The quantitative estimate of drug-likeness (QED) is 0.771. The Morgan fingerprint density at radius 2 is 1.84 bits per heavy atom. The molecule has 6 nitrogen and oxygen atoms in total. The summed E-state index contributed by atoms with van der Waals surface area (Å²) in [7, 11) is 0. The van der Waals surface area contributed by atoms with Gasteiger partial charge in [-0.2, -0.15) is 4.98 Å². The van der Waals surface area contributed by atoms with Crippen molar-refractivity contribution in [2.24, 2.45) is 5.73 Å². The van der Waals surface area contributed by atoms with Gasteiger partial charge in [0.1, 0.15) is 5.82 Å². The summed E-state index contributed by atoms with van der Waals surface area (Å²) >= 11 is 0. The molecule has 0 unspecified atom stereocenters. The van der Waals surface area contributed by atoms with Crippen LogP contribution in [-0.2, 0) is 6.54 Å². The number of hydrogen-bond donors (Lipinski definition) is 1. The van der Waals surface area contributed by atoms with Crippen molar-refractivity contribution in [3.05, 3.63) is 48.2 Å². The van der Waals surface area contributed by atoms with E-state index in [1.165, 1.54) is 12.8 Å². The molecule has 1 aliphatic heterocycles. The lowest BCUT2D eigenvalue weighted by Crippen LogP contribution is -2.19. The Morgan fingerprint density at radius 1 is 1.08 bits per heavy atom. The molecule has 3 aromatic rings. The molecule has 0 bridgehead atoms. The standard InChI is InChI=1S/C18H19N5O.ClH/c19-12-13-5-7-14(8-6-13)16-21-18(24-22-16)15-4-3-9-20-17(15)23-10-1-2-11-23;/h3-9H,1-2,10-12,19H2;1H. The SMILES string of the molecule is Cl.NCc1ccc(-c2noc(-c3cccnc3N3CCCC3)n2)cc1. The molecule has 0 amide bonds. The predicted molar refractivity (Wildman–Crippen MR) is 99.6 cm³/mol. The second kappa shape index (κ2) is 7.63. The van der Waals surface area contributed by atoms with Gasteiger partial charge in [-0.3, -0.25) is 0 Å². The fourth-order valence-electron chi connectivity index (χ4n) is 2.98. The van der Waals surface area contributed by atoms with Crippen molar-refractivity contribution in [3.8, 4) is 22.8 Å². The van der Waals surface area contributed by atoms with Crippen LogP contribution in [0.5, 0.6) is 0 Å². The van der Waals surface area contributed by atoms with Crippen LogP contribution >= 0.6 is 12.4 Å². The van der Waals surface area contributed by atoms with E-state index in [4.69, 9.17) is 10.3 Å². The number of hydrogen-bond acceptors (Lipinski definition) is 6. The summed E-state index contributed by atoms with van der Waals surface area (Å²) < 4.78 is 5.51. The summed E-state index contributed by atoms with van der Waals surface area (Å²) in [6, 6.07) is 11.8. The second-order valence-corrected chi connectivity index (χ2v) is 5.89. The minimum Gasteiger partial charge on any atom is -0.356 e. The zero-order valence-corrected chi connectivity index (χ0v) is 14.6. The van der Waals surface area contributed by atoms with E-state index in [0.29, 0.717) is 18.3 Å². The molecular formula is C18H20ClN5O. The van der Waals surface area contributed by atoms with Crippen LogP contribution in [0.3, 0.4) is 0 Å². The summed E-state index contributed by atoms with van der Waals surface area (Å²) in [6.07, 6.45) is 4.19. The Labute approximate surface area is 152 Å². The molecule has 7 heteroatoms. The fraction of sp³-hybridized carbons (Fsp3) is 0.278. The van der Waals surface area contributed by atoms with Crippen LogP contribution in [0.25, 0.3) is 22.8 Å². The third-order valence-corrected chi connectivity index (χ3v) is 4.30. The molecule has 1 fully saturated rings. The zero-order chi connectivity index (χ0) is 16.4. The van der Waals surface area contributed by atoms with Gasteiger partial charge in [0, 0.05) is 31.4 Å². The lowest BCUT2D eigenvalue weighted by Gasteiger charge is -2.17. The van der Waals surface area contributed by atoms with Gasteiger partial charge in [-0.25, -0.2) is 4.98 Å². The molecule has 2 aromatic heterocycles. The van der Waals surface area contributed by atoms with Crippen LogP contribution in [0.1, 0.15) is 18.4 Å². The highest BCUT2D eigenvalue weighted by Crippen LogP contribution is 2.31. The van der Waals surface area contributed by atoms with Crippen LogP contribution in [0.4, 0.5) is 5.82 Å². The summed E-state index contributed by atoms with van der Waals surface area (Å²) in [5, 5.41) is 4.12. The van der Waals surface area contributed by atoms with Gasteiger partial charge < -0.3 is 15.2 Å². The first-order valence-electron chi connectivity index (χ1n) is 8.18. The number of rotatable bonds is 4. The maximum Gasteiger partial charge on any atom is 0.261 e. The number of nitrogens with two attached hydrogens (primary N) is 1. The number of anilines is 1. The highest BCUT2D eigenvalue weighted by molar-refractivity contribution is 5.85. The van der Waals surface area contributed by atoms with Gasteiger partial charge in [-0.1, -0.05) is 29.4 Å². The number of benzene rings is 1. The molecule has 0 atom stereocenters. The number of nitrogens with zero attached hydrogens (tertiary/aromatic N) is 4. The van der Waals surface area contributed by atoms with Gasteiger partial charge in [0.2, 0.25) is 5.82 Å². The van der Waals surface area contributed by atoms with E-state index in [1.54, 1.807) is 6.20 Å². The van der Waals surface area contributed by atoms with E-state index in [0.717, 1.165) is 35.6 Å². The molecule has 0 spiro atoms. The Hall–Kier alpha value is -2.44. The third kappa shape index (κ3) is 3.50. The van der Waals surface area contributed by atoms with Gasteiger partial charge in [-0.15, -0.1) is 12.4 Å². The van der Waals surface area contributed by atoms with E-state index in [9.17, 15) is 0 Å². The van der Waals surface area contributed by atoms with Gasteiger partial charge in [-0.05, 0) is 30.5 Å². The van der Waals surface area contributed by atoms with Crippen molar-refractivity contribution in [1.29, 1.82) is 0 Å². The summed E-state index contributed by atoms with van der Waals surface area (Å²) in [5.41, 5.74) is 8.51. The maximum absolute atomic E-state index is 5.63. The lowest BCUT2D eigenvalue weighted by atomic mass is 10.1. The van der Waals surface area contributed by atoms with Crippen LogP contribution in [0.15, 0.2) is 47.1 Å². The van der Waals surface area contributed by atoms with Crippen molar-refractivity contribution in [2.75, 3.05) is 18.0 Å². The van der Waals surface area contributed by atoms with E-state index in [2.05, 4.69) is 20.0 Å². The van der Waals surface area contributed by atoms with Crippen LogP contribution in [0, 0.1) is 0 Å². The lowest BCUT2D eigenvalue weighted by molar-refractivity contribution is 0.432. The van der Waals surface area contributed by atoms with Crippen molar-refractivity contribution < 1.29 is 4.52 Å². The highest BCUT2D eigenvalue weighted by Gasteiger charge is 2.21. The van der Waals surface area contributed by atoms with E-state index < -0.39 is 0 Å². The zero-order valence-electron chi connectivity index (χ0n) is 13.8. The number of pyridine rings is 1. The normalized spacial score (nSPS) is 13.7. The molecule has 25 heavy (non-hydrogen) atoms. The molecule has 1 aromatic carbocycles. The number of aromatic nitrogens is 3. The predicted octanol–water partition coefficient (Wildman–Crippen LogP) is 3.28. The van der Waals surface area contributed by atoms with Gasteiger partial charge >= 0.3 is 0 Å². The molecule has 0 saturated carbocycles. The van der Waals surface area contributed by atoms with Gasteiger partial charge in [0.25, 0.3) is 5.89 Å². The first kappa shape index (κ1) is 17.4. The minimum atomic E-state index is 0. The monoisotopic (exact) mass is 357 g/mol. The van der Waals surface area contributed by atoms with E-state index in [1.807, 2.05) is 36.4 Å². The topological polar surface area (TPSA) is 81.1 Å². The minimum absolute atomic E-state index is 0. The number of halogens is 1. The van der Waals surface area contributed by atoms with E-state index in [-0.39, 0.29) is 12.4 Å². The Bertz CT molecular complexity index is 827. The summed E-state index contributed by atoms with van der Waals surface area (Å²) in [5.74, 6) is 2.00. The summed E-state index contributed by atoms with van der Waals surface area (Å²) in [4.78, 5) is 11.4. The molecule has 1 saturated heterocycles. The molecule has 0 radical (unpaired) electrons. The van der Waals surface area contributed by atoms with Crippen molar-refractivity contribution in [3.63, 3.8) is 0 Å². The molecule has 1 aliphatic rings. The Kier molecular flexibility index (Phi) is 5.31. The fourth-order valence-corrected chi connectivity index (χ4v) is 2.98. The maximum atomic E-state index is 5.63. The largest absolute Gasteiger partial charge is 0.356 e. The second-order valence-electron chi connectivity index (χ2n) is 5.89. The average Bonchev–Trinajstić information content (AvgIpc) is 3.34. The van der Waals surface area contributed by atoms with Crippen molar-refractivity contribution in [2.45, 2.75) is 19.4 Å². The van der Waals surface area contributed by atoms with Crippen LogP contribution in [-0.4, -0.2) is 28.2 Å². The highest BCUT2D eigenvalue weighted by atomic mass is 35.5. The first-order chi connectivity index (χ1) is 11.8. The van der Waals surface area contributed by atoms with E-state index >= 15 is 0 Å². The van der Waals surface area contributed by atoms with Crippen LogP contribution < -0.4 is 10.6 Å². The molecule has 4 rings (SSSR count). The molecule has 2 N–H and O–H groups in total. The Balaban J connectivity index is 0.00000182. The van der Waals surface area contributed by atoms with Crippen LogP contribution in [0.2, 0.25) is 0 Å². The smallest absolute Gasteiger partial charge is 0.261 e. The van der Waals surface area contributed by atoms with Crippen molar-refractivity contribution in [1.82, 2.24) is 15.1 Å². The molecule has 3 heterocycles. The third-order valence-electron chi connectivity index (χ3n) is 4.30. The van der Waals surface area contributed by atoms with Crippen molar-refractivity contribution >= 4 is 18.2 Å². The molecule has 0 aliphatic carbocycles. The average molecular weight is 358 g/mol. The molecular weight excluding hydrogens is 338 g/mol. The Morgan fingerprint density at radius 3 is 2.56 bits per heavy atom. The summed E-state index contributed by atoms with van der Waals surface area (Å²) in [6.45, 7) is 2.56. The van der Waals surface area contributed by atoms with Gasteiger partial charge in [0.05, 0.1) is 5.56 Å². The van der Waals surface area contributed by atoms with Gasteiger partial charge in [0.15, 0.2) is 0 Å². The molecule has 130 valence electrons.